The van der Waals surface area contributed by atoms with Gasteiger partial charge in [0.15, 0.2) is 5.75 Å². The van der Waals surface area contributed by atoms with Crippen LogP contribution in [-0.4, -0.2) is 40.6 Å². The quantitative estimate of drug-likeness (QED) is 0.262. The standard InChI is InChI=1S/C20H22F3N5O3S/c1-24-19(14-4-5-14,18(30)27-12-29)11-32-28-8-13-2-6-15(7-3-13)31-16-9-25-17(26-10-16)20(21,22)23/h2-3,6-7,9-10,12,14,24,28H,4-5,8,11H2,1H3,(H,27,29,30). The normalized spacial score (nSPS) is 15.6. The van der Waals surface area contributed by atoms with Crippen LogP contribution >= 0.6 is 11.9 Å². The van der Waals surface area contributed by atoms with Crippen molar-refractivity contribution in [3.63, 3.8) is 0 Å². The van der Waals surface area contributed by atoms with Crippen molar-refractivity contribution in [1.29, 1.82) is 0 Å². The lowest BCUT2D eigenvalue weighted by Crippen LogP contribution is -2.59. The van der Waals surface area contributed by atoms with Crippen LogP contribution in [0, 0.1) is 5.92 Å². The molecule has 1 heterocycles. The van der Waals surface area contributed by atoms with E-state index in [0.717, 1.165) is 30.8 Å². The number of likely N-dealkylation sites (N-methyl/N-ethyl adjacent to an activating group) is 1. The van der Waals surface area contributed by atoms with E-state index in [0.29, 0.717) is 24.5 Å². The van der Waals surface area contributed by atoms with Gasteiger partial charge in [-0.15, -0.1) is 0 Å². The number of carbonyl (C=O) groups is 2. The van der Waals surface area contributed by atoms with Crippen molar-refractivity contribution >= 4 is 24.3 Å². The van der Waals surface area contributed by atoms with E-state index >= 15 is 0 Å². The molecule has 2 amide bonds. The Kier molecular flexibility index (Phi) is 7.69. The third-order valence-electron chi connectivity index (χ3n) is 5.03. The van der Waals surface area contributed by atoms with Crippen LogP contribution in [0.1, 0.15) is 24.2 Å². The summed E-state index contributed by atoms with van der Waals surface area (Å²) in [5.74, 6) is -0.401. The van der Waals surface area contributed by atoms with Gasteiger partial charge in [-0.2, -0.15) is 13.2 Å². The van der Waals surface area contributed by atoms with Crippen molar-refractivity contribution in [2.24, 2.45) is 5.92 Å². The molecule has 1 saturated carbocycles. The molecular weight excluding hydrogens is 447 g/mol. The molecule has 0 spiro atoms. The van der Waals surface area contributed by atoms with Gasteiger partial charge in [0.05, 0.1) is 12.4 Å². The Morgan fingerprint density at radius 1 is 1.19 bits per heavy atom. The Morgan fingerprint density at radius 3 is 2.38 bits per heavy atom. The van der Waals surface area contributed by atoms with Gasteiger partial charge in [0.1, 0.15) is 11.3 Å². The summed E-state index contributed by atoms with van der Waals surface area (Å²) < 4.78 is 46.2. The first-order chi connectivity index (χ1) is 15.3. The highest BCUT2D eigenvalue weighted by atomic mass is 32.2. The zero-order chi connectivity index (χ0) is 23.2. The summed E-state index contributed by atoms with van der Waals surface area (Å²) in [7, 11) is 1.71. The van der Waals surface area contributed by atoms with Crippen LogP contribution in [-0.2, 0) is 22.3 Å². The zero-order valence-electron chi connectivity index (χ0n) is 17.1. The number of hydrogen-bond donors (Lipinski definition) is 3. The number of aromatic nitrogens is 2. The average Bonchev–Trinajstić information content (AvgIpc) is 3.61. The van der Waals surface area contributed by atoms with Gasteiger partial charge in [-0.25, -0.2) is 9.97 Å². The Balaban J connectivity index is 1.49. The number of rotatable bonds is 11. The summed E-state index contributed by atoms with van der Waals surface area (Å²) in [6.07, 6.45) is -0.407. The molecule has 0 aliphatic heterocycles. The molecule has 2 aromatic rings. The summed E-state index contributed by atoms with van der Waals surface area (Å²) >= 11 is 1.38. The smallest absolute Gasteiger partial charge is 0.451 e. The maximum atomic E-state index is 12.5. The van der Waals surface area contributed by atoms with Gasteiger partial charge in [-0.1, -0.05) is 24.1 Å². The summed E-state index contributed by atoms with van der Waals surface area (Å²) in [6, 6.07) is 6.97. The van der Waals surface area contributed by atoms with Gasteiger partial charge >= 0.3 is 6.18 Å². The van der Waals surface area contributed by atoms with Crippen molar-refractivity contribution in [2.45, 2.75) is 31.1 Å². The minimum absolute atomic E-state index is 0.0940. The molecule has 1 aliphatic carbocycles. The van der Waals surface area contributed by atoms with Crippen LogP contribution in [0.3, 0.4) is 0 Å². The number of nitrogens with zero attached hydrogens (tertiary/aromatic N) is 2. The molecule has 172 valence electrons. The van der Waals surface area contributed by atoms with Crippen molar-refractivity contribution in [1.82, 2.24) is 25.3 Å². The Hall–Kier alpha value is -2.70. The maximum Gasteiger partial charge on any atom is 0.451 e. The summed E-state index contributed by atoms with van der Waals surface area (Å²) in [4.78, 5) is 29.6. The molecule has 3 rings (SSSR count). The van der Waals surface area contributed by atoms with Crippen molar-refractivity contribution in [2.75, 3.05) is 12.8 Å². The first-order valence-corrected chi connectivity index (χ1v) is 10.7. The molecule has 1 aromatic carbocycles. The fourth-order valence-electron chi connectivity index (χ4n) is 3.14. The molecule has 8 nitrogen and oxygen atoms in total. The van der Waals surface area contributed by atoms with E-state index in [1.807, 2.05) is 0 Å². The highest BCUT2D eigenvalue weighted by Gasteiger charge is 2.49. The number of amides is 2. The lowest BCUT2D eigenvalue weighted by molar-refractivity contribution is -0.145. The second-order valence-corrected chi connectivity index (χ2v) is 8.05. The molecule has 3 N–H and O–H groups in total. The lowest BCUT2D eigenvalue weighted by atomic mass is 9.94. The number of imide groups is 1. The van der Waals surface area contributed by atoms with E-state index < -0.39 is 17.5 Å². The van der Waals surface area contributed by atoms with Crippen LogP contribution < -0.4 is 20.1 Å². The number of ether oxygens (including phenoxy) is 1. The molecule has 1 unspecified atom stereocenters. The third kappa shape index (κ3) is 5.96. The van der Waals surface area contributed by atoms with Crippen molar-refractivity contribution < 1.29 is 27.5 Å². The molecule has 0 radical (unpaired) electrons. The predicted molar refractivity (Wildman–Crippen MR) is 112 cm³/mol. The second-order valence-electron chi connectivity index (χ2n) is 7.18. The molecule has 1 fully saturated rings. The molecule has 32 heavy (non-hydrogen) atoms. The van der Waals surface area contributed by atoms with Gasteiger partial charge in [-0.3, -0.25) is 19.6 Å². The van der Waals surface area contributed by atoms with Crippen LogP contribution in [0.5, 0.6) is 11.5 Å². The number of benzene rings is 1. The Bertz CT molecular complexity index is 924. The predicted octanol–water partition coefficient (Wildman–Crippen LogP) is 2.67. The molecular formula is C20H22F3N5O3S. The van der Waals surface area contributed by atoms with Crippen molar-refractivity contribution in [3.05, 3.63) is 48.0 Å². The van der Waals surface area contributed by atoms with E-state index in [2.05, 4.69) is 25.3 Å². The molecule has 0 bridgehead atoms. The zero-order valence-corrected chi connectivity index (χ0v) is 17.9. The topological polar surface area (TPSA) is 105 Å². The third-order valence-corrected chi connectivity index (χ3v) is 5.98. The highest BCUT2D eigenvalue weighted by molar-refractivity contribution is 7.97. The SMILES string of the molecule is CNC(CSNCc1ccc(Oc2cnc(C(F)(F)F)nc2)cc1)(C(=O)NC=O)C1CC1. The molecule has 1 aliphatic rings. The highest BCUT2D eigenvalue weighted by Crippen LogP contribution is 2.41. The largest absolute Gasteiger partial charge is 0.454 e. The van der Waals surface area contributed by atoms with E-state index in [4.69, 9.17) is 4.74 Å². The summed E-state index contributed by atoms with van der Waals surface area (Å²) in [5, 5.41) is 5.33. The van der Waals surface area contributed by atoms with E-state index in [9.17, 15) is 22.8 Å². The number of carbonyl (C=O) groups excluding carboxylic acids is 2. The summed E-state index contributed by atoms with van der Waals surface area (Å²) in [5.41, 5.74) is 0.132. The number of hydrogen-bond acceptors (Lipinski definition) is 8. The van der Waals surface area contributed by atoms with E-state index in [1.165, 1.54) is 11.9 Å². The Morgan fingerprint density at radius 2 is 1.84 bits per heavy atom. The fourth-order valence-corrected chi connectivity index (χ4v) is 4.25. The molecule has 1 aromatic heterocycles. The first kappa shape index (κ1) is 24.0. The molecule has 12 heteroatoms. The van der Waals surface area contributed by atoms with Crippen LogP contribution in [0.2, 0.25) is 0 Å². The average molecular weight is 469 g/mol. The fraction of sp³-hybridized carbons (Fsp3) is 0.400. The van der Waals surface area contributed by atoms with Gasteiger partial charge in [0.25, 0.3) is 0 Å². The van der Waals surface area contributed by atoms with Gasteiger partial charge in [0, 0.05) is 12.3 Å². The first-order valence-electron chi connectivity index (χ1n) is 9.72. The van der Waals surface area contributed by atoms with Gasteiger partial charge < -0.3 is 10.1 Å². The minimum atomic E-state index is -4.60. The molecule has 0 saturated heterocycles. The maximum absolute atomic E-state index is 12.5. The summed E-state index contributed by atoms with van der Waals surface area (Å²) in [6.45, 7) is 0.508. The van der Waals surface area contributed by atoms with E-state index in [-0.39, 0.29) is 17.6 Å². The van der Waals surface area contributed by atoms with Crippen LogP contribution in [0.4, 0.5) is 13.2 Å². The Labute approximate surface area is 186 Å². The van der Waals surface area contributed by atoms with Gasteiger partial charge in [0.2, 0.25) is 18.1 Å². The monoisotopic (exact) mass is 469 g/mol. The number of nitrogens with one attached hydrogen (secondary N) is 3. The van der Waals surface area contributed by atoms with Crippen LogP contribution in [0.15, 0.2) is 36.7 Å². The number of alkyl halides is 3. The van der Waals surface area contributed by atoms with Crippen molar-refractivity contribution in [3.8, 4) is 11.5 Å². The van der Waals surface area contributed by atoms with E-state index in [1.54, 1.807) is 31.3 Å². The van der Waals surface area contributed by atoms with Gasteiger partial charge in [-0.05, 0) is 43.5 Å². The molecule has 1 atom stereocenters. The second kappa shape index (κ2) is 10.3. The minimum Gasteiger partial charge on any atom is -0.454 e. The lowest BCUT2D eigenvalue weighted by Gasteiger charge is -2.31. The number of halogens is 3. The van der Waals surface area contributed by atoms with Crippen LogP contribution in [0.25, 0.3) is 0 Å².